The van der Waals surface area contributed by atoms with Crippen LogP contribution < -0.4 is 5.48 Å². The number of amides is 1. The van der Waals surface area contributed by atoms with Gasteiger partial charge in [-0.1, -0.05) is 34.6 Å². The summed E-state index contributed by atoms with van der Waals surface area (Å²) in [6, 6.07) is 0. The number of hydroxylamine groups is 1. The summed E-state index contributed by atoms with van der Waals surface area (Å²) >= 11 is 0. The van der Waals surface area contributed by atoms with Crippen LogP contribution in [0.2, 0.25) is 0 Å². The van der Waals surface area contributed by atoms with Gasteiger partial charge in [0, 0.05) is 0 Å². The van der Waals surface area contributed by atoms with E-state index in [1.807, 2.05) is 27.7 Å². The second-order valence-electron chi connectivity index (χ2n) is 1.98. The summed E-state index contributed by atoms with van der Waals surface area (Å²) in [7, 11) is 0. The second-order valence-corrected chi connectivity index (χ2v) is 1.98. The first-order valence-electron chi connectivity index (χ1n) is 4.96. The number of hydrogen-bond donors (Lipinski definition) is 2. The molecule has 0 unspecified atom stereocenters. The molecule has 1 amide bonds. The third-order valence-corrected chi connectivity index (χ3v) is 1.05. The maximum Gasteiger partial charge on any atom is 0.193 e. The Labute approximate surface area is 93.2 Å². The van der Waals surface area contributed by atoms with Gasteiger partial charge in [-0.2, -0.15) is 6.58 Å². The summed E-state index contributed by atoms with van der Waals surface area (Å²) < 4.78 is 0. The Kier molecular flexibility index (Phi) is 27.0. The molecule has 2 N–H and O–H groups in total. The quantitative estimate of drug-likeness (QED) is 0.215. The zero-order valence-electron chi connectivity index (χ0n) is 11.1. The Morgan fingerprint density at radius 3 is 1.88 bits per heavy atom. The Bertz CT molecular complexity index is 223. The monoisotopic (exact) mass is 479 g/mol. The normalized spacial score (nSPS) is 8.00. The van der Waals surface area contributed by atoms with E-state index in [-0.39, 0.29) is 5.57 Å². The van der Waals surface area contributed by atoms with E-state index in [1.54, 1.807) is 6.92 Å². The summed E-state index contributed by atoms with van der Waals surface area (Å²) in [5, 5.41) is 8.25. The molecule has 0 radical (unpaired) electrons. The van der Waals surface area contributed by atoms with Crippen LogP contribution in [0.25, 0.3) is 0 Å². The van der Waals surface area contributed by atoms with E-state index in [1.165, 1.54) is 11.6 Å². The van der Waals surface area contributed by atoms with Crippen LogP contribution in [-0.4, -0.2) is 11.1 Å². The van der Waals surface area contributed by atoms with E-state index in [2.05, 4.69) is 19.2 Å². The van der Waals surface area contributed by atoms with E-state index in [0.29, 0.717) is 5.57 Å². The molecular weight excluding hydrogens is 457 g/mol. The first-order chi connectivity index (χ1) is 7.13. The summed E-state index contributed by atoms with van der Waals surface area (Å²) in [5.74, 6) is -0.603. The van der Waals surface area contributed by atoms with Crippen LogP contribution in [0.5, 0.6) is 0 Å². The molecule has 4 heteroatoms. The molecule has 0 saturated carbocycles. The van der Waals surface area contributed by atoms with Crippen molar-refractivity contribution in [3.8, 4) is 0 Å². The first kappa shape index (κ1) is 23.5. The number of carbonyl (C=O) groups is 1. The molecule has 0 heterocycles. The van der Waals surface area contributed by atoms with Crippen molar-refractivity contribution >= 4 is 5.91 Å². The summed E-state index contributed by atoms with van der Waals surface area (Å²) in [4.78, 5) is 10.8. The smallest absolute Gasteiger partial charge is 0.193 e. The van der Waals surface area contributed by atoms with Gasteiger partial charge in [0.25, 0.3) is 0 Å². The average Bonchev–Trinajstić information content (AvgIpc) is 2.30. The van der Waals surface area contributed by atoms with Gasteiger partial charge in [0.15, 0.2) is 5.91 Å². The third-order valence-electron chi connectivity index (χ3n) is 1.05. The van der Waals surface area contributed by atoms with Crippen LogP contribution in [0.3, 0.4) is 0 Å². The van der Waals surface area contributed by atoms with E-state index in [4.69, 9.17) is 5.21 Å². The molecule has 0 aromatic rings. The molecular formula is C12H22NO2Rf-. The van der Waals surface area contributed by atoms with Gasteiger partial charge in [0.1, 0.15) is 0 Å². The molecule has 0 aliphatic carbocycles. The van der Waals surface area contributed by atoms with E-state index >= 15 is 0 Å². The third kappa shape index (κ3) is 11.6. The predicted molar refractivity (Wildman–Crippen MR) is 64.4 cm³/mol. The molecule has 0 atom stereocenters. The average molecular weight is 479 g/mol. The standard InChI is InChI=1S/C8H10NO2.2C2H6.Rf/c1-4-5-7(6(2)3)8(10)9-11;2*1-2;/h5,11H,1-2H2,3H3,(H,9,10);2*1-2H3;/q-1;;;/b7-5+;;;. The van der Waals surface area contributed by atoms with Gasteiger partial charge in [-0.15, -0.1) is 17.7 Å². The molecule has 0 aromatic carbocycles. The number of hydrogen-bond acceptors (Lipinski definition) is 2. The minimum Gasteiger partial charge on any atom is -0.290 e. The van der Waals surface area contributed by atoms with Crippen LogP contribution in [0.1, 0.15) is 34.6 Å². The van der Waals surface area contributed by atoms with Crippen LogP contribution in [0.15, 0.2) is 30.4 Å². The predicted octanol–water partition coefficient (Wildman–Crippen LogP) is 3.04. The summed E-state index contributed by atoms with van der Waals surface area (Å²) in [6.45, 7) is 16.5. The molecule has 0 aromatic heterocycles. The fourth-order valence-corrected chi connectivity index (χ4v) is 0.545. The molecule has 0 aliphatic rings. The van der Waals surface area contributed by atoms with Crippen molar-refractivity contribution in [2.24, 2.45) is 0 Å². The molecule has 0 bridgehead atoms. The van der Waals surface area contributed by atoms with Crippen LogP contribution >= 0.6 is 0 Å². The van der Waals surface area contributed by atoms with E-state index in [9.17, 15) is 4.79 Å². The fraction of sp³-hybridized carbons (Fsp3) is 0.417. The maximum atomic E-state index is 10.8. The summed E-state index contributed by atoms with van der Waals surface area (Å²) in [5.41, 5.74) is 2.31. The molecule has 0 saturated heterocycles. The topological polar surface area (TPSA) is 49.3 Å². The first-order valence-corrected chi connectivity index (χ1v) is 4.96. The molecule has 90 valence electrons. The van der Waals surface area contributed by atoms with Gasteiger partial charge in [0.05, 0.1) is 0 Å². The van der Waals surface area contributed by atoms with Crippen molar-refractivity contribution < 1.29 is 10.0 Å². The van der Waals surface area contributed by atoms with Crippen molar-refractivity contribution in [1.29, 1.82) is 0 Å². The van der Waals surface area contributed by atoms with Gasteiger partial charge in [-0.3, -0.25) is 16.1 Å². The van der Waals surface area contributed by atoms with Crippen LogP contribution in [0, 0.1) is 6.08 Å². The van der Waals surface area contributed by atoms with Crippen LogP contribution in [0.4, 0.5) is 0 Å². The number of carbonyl (C=O) groups excluding carboxylic acids is 1. The van der Waals surface area contributed by atoms with Crippen molar-refractivity contribution in [1.82, 2.24) is 5.48 Å². The zero-order valence-corrected chi connectivity index (χ0v) is 17.5. The van der Waals surface area contributed by atoms with Crippen LogP contribution in [-0.2, 0) is 4.79 Å². The van der Waals surface area contributed by atoms with Gasteiger partial charge in [-0.25, -0.2) is 11.6 Å². The molecule has 16 heavy (non-hydrogen) atoms. The van der Waals surface area contributed by atoms with Crippen molar-refractivity contribution in [2.45, 2.75) is 34.6 Å². The van der Waals surface area contributed by atoms with Gasteiger partial charge in [-0.05, 0) is 0 Å². The summed E-state index contributed by atoms with van der Waals surface area (Å²) in [6.07, 6.45) is 3.77. The van der Waals surface area contributed by atoms with E-state index < -0.39 is 5.91 Å². The zero-order chi connectivity index (χ0) is 12.9. The van der Waals surface area contributed by atoms with Gasteiger partial charge in [0.2, 0.25) is 0 Å². The maximum absolute atomic E-state index is 10.8. The molecule has 0 rings (SSSR count). The SMILES string of the molecule is C=[C-]/C=C(\C(=C)C)C(=O)NO.CC.CC.[Rf]. The van der Waals surface area contributed by atoms with Crippen molar-refractivity contribution in [2.75, 3.05) is 0 Å². The number of nitrogens with one attached hydrogen (secondary N) is 1. The van der Waals surface area contributed by atoms with Gasteiger partial charge >= 0.3 is 0 Å². The number of allylic oxidation sites excluding steroid dienone is 2. The number of rotatable bonds is 3. The Morgan fingerprint density at radius 1 is 1.31 bits per heavy atom. The Balaban J connectivity index is -0.000000129. The second kappa shape index (κ2) is 18.4. The van der Waals surface area contributed by atoms with Crippen molar-refractivity contribution in [3.63, 3.8) is 0 Å². The molecule has 0 fully saturated rings. The van der Waals surface area contributed by atoms with E-state index in [0.717, 1.165) is 0 Å². The largest absolute Gasteiger partial charge is 0.290 e. The van der Waals surface area contributed by atoms with Gasteiger partial charge < -0.3 is 0 Å². The van der Waals surface area contributed by atoms with Crippen molar-refractivity contribution in [3.05, 3.63) is 36.5 Å². The fourth-order valence-electron chi connectivity index (χ4n) is 0.545. The Morgan fingerprint density at radius 2 is 1.69 bits per heavy atom. The minimum absolute atomic E-state index is 0. The Hall–Kier alpha value is -2.35. The molecule has 0 spiro atoms. The minimum atomic E-state index is -0.603. The molecule has 3 nitrogen and oxygen atoms in total. The molecule has 0 aliphatic heterocycles.